The summed E-state index contributed by atoms with van der Waals surface area (Å²) in [6, 6.07) is 16.9. The number of nitrogens with zero attached hydrogens (tertiary/aromatic N) is 3. The molecule has 0 saturated carbocycles. The van der Waals surface area contributed by atoms with E-state index in [1.54, 1.807) is 24.1 Å². The van der Waals surface area contributed by atoms with E-state index in [2.05, 4.69) is 4.90 Å². The molecule has 2 heterocycles. The van der Waals surface area contributed by atoms with Crippen LogP contribution in [0.2, 0.25) is 10.0 Å². The minimum absolute atomic E-state index is 0.0420. The maximum Gasteiger partial charge on any atom is 0.265 e. The summed E-state index contributed by atoms with van der Waals surface area (Å²) < 4.78 is 34.2. The van der Waals surface area contributed by atoms with Gasteiger partial charge in [-0.1, -0.05) is 59.6 Å². The van der Waals surface area contributed by atoms with E-state index in [-0.39, 0.29) is 40.9 Å². The van der Waals surface area contributed by atoms with Crippen LogP contribution in [-0.2, 0) is 24.3 Å². The summed E-state index contributed by atoms with van der Waals surface area (Å²) in [6.45, 7) is 2.86. The third kappa shape index (κ3) is 6.72. The van der Waals surface area contributed by atoms with Crippen molar-refractivity contribution in [3.05, 3.63) is 76.3 Å². The van der Waals surface area contributed by atoms with Gasteiger partial charge in [0.05, 0.1) is 39.9 Å². The molecule has 3 aromatic carbocycles. The third-order valence-electron chi connectivity index (χ3n) is 7.45. The van der Waals surface area contributed by atoms with Crippen LogP contribution in [0.3, 0.4) is 0 Å². The van der Waals surface area contributed by atoms with E-state index in [4.69, 9.17) is 37.8 Å². The Labute approximate surface area is 254 Å². The molecule has 2 aliphatic rings. The molecule has 10 nitrogen and oxygen atoms in total. The molecule has 3 aromatic rings. The highest BCUT2D eigenvalue weighted by Gasteiger charge is 2.32. The molecular formula is C29H30Cl2N4O6S. The zero-order valence-electron chi connectivity index (χ0n) is 22.8. The van der Waals surface area contributed by atoms with Crippen LogP contribution in [0, 0.1) is 0 Å². The molecule has 1 saturated heterocycles. The number of morpholine rings is 1. The standard InChI is InChI=1S/C29H30Cl2N4O6S/c1-33(28(36)17-35-25-14-23(30)24(31)15-27(25)41-18-29(35)37)26(16-34-10-12-40-13-11-34)21-4-2-19(3-5-21)20-6-8-22(9-7-20)42(32,38)39/h2-9,14-15,26H,10-13,16-18H2,1H3,(H2,32,38,39). The Morgan fingerprint density at radius 1 is 1.00 bits per heavy atom. The second-order valence-electron chi connectivity index (χ2n) is 10.1. The number of carbonyl (C=O) groups excluding carboxylic acids is 2. The number of hydrogen-bond acceptors (Lipinski definition) is 7. The van der Waals surface area contributed by atoms with Gasteiger partial charge < -0.3 is 14.4 Å². The molecule has 2 amide bonds. The van der Waals surface area contributed by atoms with E-state index in [1.165, 1.54) is 29.2 Å². The van der Waals surface area contributed by atoms with Crippen molar-refractivity contribution in [1.82, 2.24) is 9.80 Å². The van der Waals surface area contributed by atoms with Crippen LogP contribution in [0.5, 0.6) is 5.75 Å². The highest BCUT2D eigenvalue weighted by atomic mass is 35.5. The lowest BCUT2D eigenvalue weighted by atomic mass is 9.99. The average molecular weight is 634 g/mol. The van der Waals surface area contributed by atoms with Gasteiger partial charge in [-0.25, -0.2) is 13.6 Å². The number of carbonyl (C=O) groups is 2. The summed E-state index contributed by atoms with van der Waals surface area (Å²) in [5.74, 6) is -0.231. The Balaban J connectivity index is 1.39. The topological polar surface area (TPSA) is 122 Å². The van der Waals surface area contributed by atoms with Crippen molar-refractivity contribution in [3.8, 4) is 16.9 Å². The van der Waals surface area contributed by atoms with E-state index in [9.17, 15) is 18.0 Å². The average Bonchev–Trinajstić information content (AvgIpc) is 2.98. The number of hydrogen-bond donors (Lipinski definition) is 1. The van der Waals surface area contributed by atoms with Crippen molar-refractivity contribution in [2.75, 3.05) is 57.9 Å². The lowest BCUT2D eigenvalue weighted by Crippen LogP contribution is -2.48. The first-order valence-corrected chi connectivity index (χ1v) is 15.5. The number of benzene rings is 3. The smallest absolute Gasteiger partial charge is 0.265 e. The zero-order chi connectivity index (χ0) is 30.0. The highest BCUT2D eigenvalue weighted by Crippen LogP contribution is 2.39. The number of nitrogens with two attached hydrogens (primary N) is 1. The van der Waals surface area contributed by atoms with E-state index >= 15 is 0 Å². The van der Waals surface area contributed by atoms with Crippen LogP contribution in [0.25, 0.3) is 11.1 Å². The number of ether oxygens (including phenoxy) is 2. The van der Waals surface area contributed by atoms with Crippen LogP contribution in [0.15, 0.2) is 65.6 Å². The van der Waals surface area contributed by atoms with Gasteiger partial charge in [0.2, 0.25) is 15.9 Å². The van der Waals surface area contributed by atoms with Crippen molar-refractivity contribution in [1.29, 1.82) is 0 Å². The largest absolute Gasteiger partial charge is 0.482 e. The maximum atomic E-state index is 13.7. The predicted octanol–water partition coefficient (Wildman–Crippen LogP) is 3.57. The van der Waals surface area contributed by atoms with Crippen LogP contribution in [-0.4, -0.2) is 83.1 Å². The van der Waals surface area contributed by atoms with Gasteiger partial charge in [0.25, 0.3) is 5.91 Å². The Morgan fingerprint density at radius 3 is 2.21 bits per heavy atom. The third-order valence-corrected chi connectivity index (χ3v) is 9.10. The van der Waals surface area contributed by atoms with Crippen molar-refractivity contribution in [3.63, 3.8) is 0 Å². The van der Waals surface area contributed by atoms with Crippen molar-refractivity contribution >= 4 is 50.7 Å². The second kappa shape index (κ2) is 12.6. The minimum atomic E-state index is -3.78. The van der Waals surface area contributed by atoms with E-state index in [0.717, 1.165) is 29.8 Å². The minimum Gasteiger partial charge on any atom is -0.482 e. The Hall–Kier alpha value is -3.19. The molecule has 1 fully saturated rings. The number of fused-ring (bicyclic) bond motifs is 1. The molecule has 2 aliphatic heterocycles. The molecule has 5 rings (SSSR count). The monoisotopic (exact) mass is 632 g/mol. The first-order chi connectivity index (χ1) is 20.0. The summed E-state index contributed by atoms with van der Waals surface area (Å²) in [5.41, 5.74) is 3.01. The molecular weight excluding hydrogens is 603 g/mol. The number of rotatable bonds is 8. The van der Waals surface area contributed by atoms with Gasteiger partial charge in [0.15, 0.2) is 6.61 Å². The van der Waals surface area contributed by atoms with Gasteiger partial charge in [-0.2, -0.15) is 0 Å². The number of halogens is 2. The number of anilines is 1. The Bertz CT molecular complexity index is 1580. The fraction of sp³-hybridized carbons (Fsp3) is 0.310. The molecule has 1 atom stereocenters. The lowest BCUT2D eigenvalue weighted by Gasteiger charge is -2.37. The molecule has 13 heteroatoms. The summed E-state index contributed by atoms with van der Waals surface area (Å²) >= 11 is 12.3. The van der Waals surface area contributed by atoms with Crippen LogP contribution < -0.4 is 14.8 Å². The number of likely N-dealkylation sites (N-methyl/N-ethyl adjacent to an activating group) is 1. The summed E-state index contributed by atoms with van der Waals surface area (Å²) in [4.78, 5) is 31.8. The SMILES string of the molecule is CN(C(=O)CN1C(=O)COc2cc(Cl)c(Cl)cc21)C(CN1CCOCC1)c1ccc(-c2ccc(S(N)(=O)=O)cc2)cc1. The zero-order valence-corrected chi connectivity index (χ0v) is 25.2. The number of primary sulfonamides is 1. The molecule has 222 valence electrons. The molecule has 0 radical (unpaired) electrons. The van der Waals surface area contributed by atoms with E-state index in [1.807, 2.05) is 24.3 Å². The molecule has 2 N–H and O–H groups in total. The van der Waals surface area contributed by atoms with Crippen molar-refractivity contribution < 1.29 is 27.5 Å². The Kier molecular flexibility index (Phi) is 9.07. The van der Waals surface area contributed by atoms with E-state index < -0.39 is 10.0 Å². The molecule has 0 aliphatic carbocycles. The van der Waals surface area contributed by atoms with Crippen molar-refractivity contribution in [2.24, 2.45) is 5.14 Å². The van der Waals surface area contributed by atoms with Crippen LogP contribution in [0.4, 0.5) is 5.69 Å². The fourth-order valence-electron chi connectivity index (χ4n) is 5.00. The van der Waals surface area contributed by atoms with Gasteiger partial charge in [-0.15, -0.1) is 0 Å². The van der Waals surface area contributed by atoms with Gasteiger partial charge in [0, 0.05) is 32.7 Å². The van der Waals surface area contributed by atoms with Gasteiger partial charge in [-0.05, 0) is 34.9 Å². The maximum absolute atomic E-state index is 13.7. The van der Waals surface area contributed by atoms with Gasteiger partial charge in [0.1, 0.15) is 12.3 Å². The molecule has 0 bridgehead atoms. The summed E-state index contributed by atoms with van der Waals surface area (Å²) in [7, 11) is -2.05. The van der Waals surface area contributed by atoms with Gasteiger partial charge >= 0.3 is 0 Å². The number of sulfonamides is 1. The first kappa shape index (κ1) is 30.3. The van der Waals surface area contributed by atoms with Gasteiger partial charge in [-0.3, -0.25) is 19.4 Å². The molecule has 42 heavy (non-hydrogen) atoms. The van der Waals surface area contributed by atoms with Crippen molar-refractivity contribution in [2.45, 2.75) is 10.9 Å². The second-order valence-corrected chi connectivity index (χ2v) is 12.5. The number of amides is 2. The molecule has 0 spiro atoms. The Morgan fingerprint density at radius 2 is 1.60 bits per heavy atom. The molecule has 0 aromatic heterocycles. The predicted molar refractivity (Wildman–Crippen MR) is 160 cm³/mol. The fourth-order valence-corrected chi connectivity index (χ4v) is 5.83. The summed E-state index contributed by atoms with van der Waals surface area (Å²) in [5, 5.41) is 5.77. The normalized spacial score (nSPS) is 16.5. The van der Waals surface area contributed by atoms with E-state index in [0.29, 0.717) is 36.2 Å². The van der Waals surface area contributed by atoms with Crippen LogP contribution in [0.1, 0.15) is 11.6 Å². The quantitative estimate of drug-likeness (QED) is 0.403. The molecule has 1 unspecified atom stereocenters. The highest BCUT2D eigenvalue weighted by molar-refractivity contribution is 7.89. The summed E-state index contributed by atoms with van der Waals surface area (Å²) in [6.07, 6.45) is 0. The first-order valence-electron chi connectivity index (χ1n) is 13.2. The van der Waals surface area contributed by atoms with Crippen LogP contribution >= 0.6 is 23.2 Å². The lowest BCUT2D eigenvalue weighted by molar-refractivity contribution is -0.133.